The van der Waals surface area contributed by atoms with Crippen LogP contribution in [0.1, 0.15) is 21.5 Å². The van der Waals surface area contributed by atoms with Crippen LogP contribution in [0, 0.1) is 0 Å². The lowest BCUT2D eigenvalue weighted by Crippen LogP contribution is -2.16. The molecular weight excluding hydrogens is 405 g/mol. The Hall–Kier alpha value is -3.94. The Labute approximate surface area is 176 Å². The van der Waals surface area contributed by atoms with Crippen molar-refractivity contribution in [1.29, 1.82) is 0 Å². The fourth-order valence-corrected chi connectivity index (χ4v) is 3.12. The number of carbonyl (C=O) groups excluding carboxylic acids is 1. The maximum Gasteiger partial charge on any atom is 0.416 e. The van der Waals surface area contributed by atoms with Gasteiger partial charge < -0.3 is 10.6 Å². The molecule has 0 aliphatic rings. The van der Waals surface area contributed by atoms with Gasteiger partial charge in [-0.05, 0) is 54.1 Å². The maximum atomic E-state index is 12.9. The quantitative estimate of drug-likeness (QED) is 0.445. The predicted molar refractivity (Wildman–Crippen MR) is 113 cm³/mol. The maximum absolute atomic E-state index is 12.9. The minimum atomic E-state index is -4.49. The van der Waals surface area contributed by atoms with Crippen molar-refractivity contribution in [3.8, 4) is 0 Å². The predicted octanol–water partition coefficient (Wildman–Crippen LogP) is 5.51. The van der Waals surface area contributed by atoms with E-state index in [9.17, 15) is 18.0 Å². The lowest BCUT2D eigenvalue weighted by Gasteiger charge is -2.13. The van der Waals surface area contributed by atoms with Crippen molar-refractivity contribution in [2.75, 3.05) is 10.6 Å². The van der Waals surface area contributed by atoms with E-state index in [4.69, 9.17) is 0 Å². The highest BCUT2D eigenvalue weighted by Gasteiger charge is 2.30. The molecule has 2 aromatic heterocycles. The number of benzene rings is 2. The zero-order valence-corrected chi connectivity index (χ0v) is 16.1. The molecule has 4 aromatic rings. The third-order valence-corrected chi connectivity index (χ3v) is 4.63. The number of nitrogens with one attached hydrogen (secondary N) is 2. The molecule has 156 valence electrons. The highest BCUT2D eigenvalue weighted by Crippen LogP contribution is 2.31. The highest BCUT2D eigenvalue weighted by atomic mass is 19.4. The van der Waals surface area contributed by atoms with Gasteiger partial charge in [0.05, 0.1) is 16.6 Å². The average molecular weight is 422 g/mol. The highest BCUT2D eigenvalue weighted by molar-refractivity contribution is 6.07. The van der Waals surface area contributed by atoms with Gasteiger partial charge in [-0.2, -0.15) is 13.2 Å². The second kappa shape index (κ2) is 8.43. The third kappa shape index (κ3) is 4.80. The van der Waals surface area contributed by atoms with Crippen molar-refractivity contribution in [1.82, 2.24) is 9.97 Å². The fraction of sp³-hybridized carbons (Fsp3) is 0.0870. The summed E-state index contributed by atoms with van der Waals surface area (Å²) in [4.78, 5) is 21.2. The number of rotatable bonds is 5. The first kappa shape index (κ1) is 20.3. The van der Waals surface area contributed by atoms with Crippen molar-refractivity contribution in [2.45, 2.75) is 12.7 Å². The average Bonchev–Trinajstić information content (AvgIpc) is 2.77. The molecule has 0 saturated carbocycles. The topological polar surface area (TPSA) is 66.9 Å². The lowest BCUT2D eigenvalue weighted by molar-refractivity contribution is -0.137. The number of fused-ring (bicyclic) bond motifs is 1. The summed E-state index contributed by atoms with van der Waals surface area (Å²) in [5.74, 6) is -0.226. The number of amides is 1. The number of alkyl halides is 3. The van der Waals surface area contributed by atoms with Crippen LogP contribution in [0.15, 0.2) is 79.1 Å². The van der Waals surface area contributed by atoms with Gasteiger partial charge in [-0.25, -0.2) is 4.98 Å². The summed E-state index contributed by atoms with van der Waals surface area (Å²) in [7, 11) is 0. The molecule has 0 saturated heterocycles. The largest absolute Gasteiger partial charge is 0.416 e. The van der Waals surface area contributed by atoms with E-state index in [-0.39, 0.29) is 11.3 Å². The molecule has 1 amide bonds. The summed E-state index contributed by atoms with van der Waals surface area (Å²) in [6.45, 7) is 0.408. The van der Waals surface area contributed by atoms with E-state index in [1.165, 1.54) is 18.3 Å². The summed E-state index contributed by atoms with van der Waals surface area (Å²) in [6, 6.07) is 17.3. The van der Waals surface area contributed by atoms with Gasteiger partial charge in [0.1, 0.15) is 5.82 Å². The van der Waals surface area contributed by atoms with E-state index in [0.29, 0.717) is 12.4 Å². The number of halogens is 3. The van der Waals surface area contributed by atoms with Crippen molar-refractivity contribution in [3.63, 3.8) is 0 Å². The molecule has 0 radical (unpaired) electrons. The van der Waals surface area contributed by atoms with Gasteiger partial charge in [-0.15, -0.1) is 0 Å². The van der Waals surface area contributed by atoms with E-state index in [2.05, 4.69) is 20.6 Å². The molecule has 0 bridgehead atoms. The van der Waals surface area contributed by atoms with Gasteiger partial charge in [0.15, 0.2) is 0 Å². The lowest BCUT2D eigenvalue weighted by atomic mass is 10.1. The Kier molecular flexibility index (Phi) is 5.53. The van der Waals surface area contributed by atoms with E-state index < -0.39 is 17.6 Å². The van der Waals surface area contributed by atoms with E-state index in [1.54, 1.807) is 18.3 Å². The van der Waals surface area contributed by atoms with Crippen molar-refractivity contribution in [3.05, 3.63) is 95.8 Å². The summed E-state index contributed by atoms with van der Waals surface area (Å²) in [5, 5.41) is 6.62. The molecule has 0 atom stereocenters. The Morgan fingerprint density at radius 2 is 1.71 bits per heavy atom. The summed E-state index contributed by atoms with van der Waals surface area (Å²) in [5.41, 5.74) is 1.29. The normalized spacial score (nSPS) is 11.3. The first-order chi connectivity index (χ1) is 14.9. The molecule has 2 aromatic carbocycles. The molecule has 0 spiro atoms. The molecule has 31 heavy (non-hydrogen) atoms. The van der Waals surface area contributed by atoms with Gasteiger partial charge in [-0.1, -0.05) is 18.2 Å². The third-order valence-electron chi connectivity index (χ3n) is 4.63. The molecular formula is C23H17F3N4O. The Bertz CT molecular complexity index is 1240. The Morgan fingerprint density at radius 3 is 2.55 bits per heavy atom. The van der Waals surface area contributed by atoms with Crippen LogP contribution >= 0.6 is 0 Å². The van der Waals surface area contributed by atoms with Crippen molar-refractivity contribution >= 4 is 28.3 Å². The van der Waals surface area contributed by atoms with Crippen LogP contribution in [0.2, 0.25) is 0 Å². The zero-order chi connectivity index (χ0) is 21.8. The second-order valence-corrected chi connectivity index (χ2v) is 6.82. The van der Waals surface area contributed by atoms with Gasteiger partial charge in [0.2, 0.25) is 0 Å². The molecule has 5 nitrogen and oxygen atoms in total. The monoisotopic (exact) mass is 422 g/mol. The molecule has 2 N–H and O–H groups in total. The van der Waals surface area contributed by atoms with Gasteiger partial charge >= 0.3 is 6.18 Å². The summed E-state index contributed by atoms with van der Waals surface area (Å²) < 4.78 is 38.7. The first-order valence-corrected chi connectivity index (χ1v) is 9.41. The molecule has 4 rings (SSSR count). The number of hydrogen-bond donors (Lipinski definition) is 2. The van der Waals surface area contributed by atoms with Crippen LogP contribution in [0.5, 0.6) is 0 Å². The van der Waals surface area contributed by atoms with Crippen LogP contribution in [0.3, 0.4) is 0 Å². The fourth-order valence-electron chi connectivity index (χ4n) is 3.12. The molecule has 8 heteroatoms. The zero-order valence-electron chi connectivity index (χ0n) is 16.1. The molecule has 0 fully saturated rings. The van der Waals surface area contributed by atoms with Crippen LogP contribution in [0.4, 0.5) is 24.7 Å². The van der Waals surface area contributed by atoms with Gasteiger partial charge in [-0.3, -0.25) is 9.78 Å². The number of hydrogen-bond acceptors (Lipinski definition) is 4. The van der Waals surface area contributed by atoms with E-state index in [1.807, 2.05) is 30.3 Å². The van der Waals surface area contributed by atoms with Crippen LogP contribution in [-0.2, 0) is 12.7 Å². The SMILES string of the molecule is O=C(Nc1cccc(C(F)(F)F)c1)c1cccnc1NCc1ccc2ncccc2c1. The minimum absolute atomic E-state index is 0.0525. The standard InChI is InChI=1S/C23H17F3N4O/c24-23(25,26)17-5-1-6-18(13-17)30-22(31)19-7-3-11-28-21(19)29-14-15-8-9-20-16(12-15)4-2-10-27-20/h1-13H,14H2,(H,28,29)(H,30,31). The van der Waals surface area contributed by atoms with Crippen LogP contribution < -0.4 is 10.6 Å². The number of carbonyl (C=O) groups is 1. The van der Waals surface area contributed by atoms with Crippen LogP contribution in [-0.4, -0.2) is 15.9 Å². The van der Waals surface area contributed by atoms with Gasteiger partial charge in [0, 0.05) is 30.0 Å². The summed E-state index contributed by atoms with van der Waals surface area (Å²) >= 11 is 0. The summed E-state index contributed by atoms with van der Waals surface area (Å²) in [6.07, 6.45) is -1.23. The molecule has 2 heterocycles. The van der Waals surface area contributed by atoms with E-state index >= 15 is 0 Å². The molecule has 0 unspecified atom stereocenters. The number of nitrogens with zero attached hydrogens (tertiary/aromatic N) is 2. The first-order valence-electron chi connectivity index (χ1n) is 9.41. The van der Waals surface area contributed by atoms with Crippen molar-refractivity contribution in [2.24, 2.45) is 0 Å². The van der Waals surface area contributed by atoms with Crippen molar-refractivity contribution < 1.29 is 18.0 Å². The number of aromatic nitrogens is 2. The Morgan fingerprint density at radius 1 is 0.903 bits per heavy atom. The van der Waals surface area contributed by atoms with Gasteiger partial charge in [0.25, 0.3) is 5.91 Å². The minimum Gasteiger partial charge on any atom is -0.365 e. The second-order valence-electron chi connectivity index (χ2n) is 6.82. The number of pyridine rings is 2. The number of anilines is 2. The molecule has 0 aliphatic carbocycles. The van der Waals surface area contributed by atoms with Crippen LogP contribution in [0.25, 0.3) is 10.9 Å². The van der Waals surface area contributed by atoms with E-state index in [0.717, 1.165) is 28.6 Å². The molecule has 0 aliphatic heterocycles. The smallest absolute Gasteiger partial charge is 0.365 e. The Balaban J connectivity index is 1.50.